The lowest BCUT2D eigenvalue weighted by Gasteiger charge is -2.08. The number of benzene rings is 2. The zero-order chi connectivity index (χ0) is 18.2. The summed E-state index contributed by atoms with van der Waals surface area (Å²) in [4.78, 5) is 34.9. The fourth-order valence-electron chi connectivity index (χ4n) is 1.95. The van der Waals surface area contributed by atoms with Gasteiger partial charge in [0.2, 0.25) is 0 Å². The van der Waals surface area contributed by atoms with Gasteiger partial charge in [0.15, 0.2) is 6.61 Å². The zero-order valence-electron chi connectivity index (χ0n) is 13.5. The Labute approximate surface area is 144 Å². The van der Waals surface area contributed by atoms with Crippen LogP contribution in [0.2, 0.25) is 0 Å². The molecule has 0 heterocycles. The summed E-state index contributed by atoms with van der Waals surface area (Å²) in [6, 6.07) is 11.9. The van der Waals surface area contributed by atoms with E-state index in [1.807, 2.05) is 24.4 Å². The van der Waals surface area contributed by atoms with Gasteiger partial charge >= 0.3 is 12.0 Å². The fourth-order valence-corrected chi connectivity index (χ4v) is 1.95. The highest BCUT2D eigenvalue weighted by molar-refractivity contribution is 6.01. The number of carbonyl (C=O) groups is 3. The highest BCUT2D eigenvalue weighted by Crippen LogP contribution is 2.11. The van der Waals surface area contributed by atoms with Crippen molar-refractivity contribution in [1.82, 2.24) is 5.32 Å². The predicted octanol–water partition coefficient (Wildman–Crippen LogP) is 2.57. The van der Waals surface area contributed by atoms with Crippen molar-refractivity contribution in [2.45, 2.75) is 13.3 Å². The Morgan fingerprint density at radius 2 is 1.72 bits per heavy atom. The molecule has 0 spiro atoms. The fraction of sp³-hybridized carbons (Fsp3) is 0.167. The van der Waals surface area contributed by atoms with Gasteiger partial charge in [0.25, 0.3) is 5.91 Å². The van der Waals surface area contributed by atoms with Gasteiger partial charge in [-0.1, -0.05) is 42.0 Å². The van der Waals surface area contributed by atoms with Crippen molar-refractivity contribution in [2.24, 2.45) is 0 Å². The van der Waals surface area contributed by atoms with Gasteiger partial charge in [0, 0.05) is 0 Å². The summed E-state index contributed by atoms with van der Waals surface area (Å²) in [6.45, 7) is 1.33. The van der Waals surface area contributed by atoms with Crippen LogP contribution in [-0.4, -0.2) is 24.5 Å². The van der Waals surface area contributed by atoms with E-state index >= 15 is 0 Å². The lowest BCUT2D eigenvalue weighted by Crippen LogP contribution is -2.37. The summed E-state index contributed by atoms with van der Waals surface area (Å²) < 4.78 is 18.2. The average Bonchev–Trinajstić information content (AvgIpc) is 2.57. The van der Waals surface area contributed by atoms with Gasteiger partial charge in [-0.3, -0.25) is 14.9 Å². The van der Waals surface area contributed by atoms with Crippen LogP contribution in [0.4, 0.5) is 14.9 Å². The number of imide groups is 1. The van der Waals surface area contributed by atoms with Crippen LogP contribution in [-0.2, 0) is 20.7 Å². The summed E-state index contributed by atoms with van der Waals surface area (Å²) in [5.41, 5.74) is 1.76. The molecule has 2 rings (SSSR count). The number of para-hydroxylation sites is 1. The van der Waals surface area contributed by atoms with E-state index in [1.54, 1.807) is 12.1 Å². The maximum Gasteiger partial charge on any atom is 0.326 e. The van der Waals surface area contributed by atoms with E-state index in [4.69, 9.17) is 4.74 Å². The second-order valence-corrected chi connectivity index (χ2v) is 5.31. The standard InChI is InChI=1S/C18H17FN2O4/c1-12-6-8-13(9-7-12)10-17(23)25-11-16(22)21-18(24)20-15-5-3-2-4-14(15)19/h2-9H,10-11H2,1H3,(H2,20,21,22,24). The molecule has 25 heavy (non-hydrogen) atoms. The Kier molecular flexibility index (Phi) is 6.22. The molecule has 0 unspecified atom stereocenters. The van der Waals surface area contributed by atoms with E-state index in [2.05, 4.69) is 5.32 Å². The summed E-state index contributed by atoms with van der Waals surface area (Å²) in [6.07, 6.45) is 0.0228. The van der Waals surface area contributed by atoms with Crippen LogP contribution in [0.25, 0.3) is 0 Å². The smallest absolute Gasteiger partial charge is 0.326 e. The molecule has 130 valence electrons. The number of rotatable bonds is 5. The van der Waals surface area contributed by atoms with Crippen LogP contribution in [0.1, 0.15) is 11.1 Å². The van der Waals surface area contributed by atoms with E-state index in [9.17, 15) is 18.8 Å². The molecule has 6 nitrogen and oxygen atoms in total. The number of carbonyl (C=O) groups excluding carboxylic acids is 3. The molecule has 0 fully saturated rings. The Morgan fingerprint density at radius 3 is 2.40 bits per heavy atom. The van der Waals surface area contributed by atoms with E-state index in [0.717, 1.165) is 11.1 Å². The van der Waals surface area contributed by atoms with E-state index in [-0.39, 0.29) is 12.1 Å². The normalized spacial score (nSPS) is 10.0. The first-order valence-corrected chi connectivity index (χ1v) is 7.50. The number of urea groups is 1. The topological polar surface area (TPSA) is 84.5 Å². The summed E-state index contributed by atoms with van der Waals surface area (Å²) in [5.74, 6) is -2.03. The van der Waals surface area contributed by atoms with E-state index in [1.165, 1.54) is 24.3 Å². The number of esters is 1. The van der Waals surface area contributed by atoms with Crippen LogP contribution in [0.3, 0.4) is 0 Å². The second kappa shape index (κ2) is 8.58. The minimum absolute atomic E-state index is 0.0228. The molecular weight excluding hydrogens is 327 g/mol. The number of aryl methyl sites for hydroxylation is 1. The van der Waals surface area contributed by atoms with Crippen LogP contribution >= 0.6 is 0 Å². The minimum atomic E-state index is -0.912. The van der Waals surface area contributed by atoms with Crippen molar-refractivity contribution in [1.29, 1.82) is 0 Å². The Hall–Kier alpha value is -3.22. The van der Waals surface area contributed by atoms with Gasteiger partial charge in [-0.25, -0.2) is 9.18 Å². The summed E-state index contributed by atoms with van der Waals surface area (Å²) >= 11 is 0. The number of halogens is 1. The molecule has 2 N–H and O–H groups in total. The lowest BCUT2D eigenvalue weighted by atomic mass is 10.1. The summed E-state index contributed by atoms with van der Waals surface area (Å²) in [7, 11) is 0. The first-order chi connectivity index (χ1) is 11.9. The molecule has 0 radical (unpaired) electrons. The van der Waals surface area contributed by atoms with Crippen molar-refractivity contribution in [3.8, 4) is 0 Å². The summed E-state index contributed by atoms with van der Waals surface area (Å²) in [5, 5.41) is 4.14. The van der Waals surface area contributed by atoms with E-state index in [0.29, 0.717) is 0 Å². The van der Waals surface area contributed by atoms with Crippen molar-refractivity contribution >= 4 is 23.6 Å². The third kappa shape index (κ3) is 6.06. The van der Waals surface area contributed by atoms with Gasteiger partial charge in [-0.05, 0) is 24.6 Å². The third-order valence-corrected chi connectivity index (χ3v) is 3.21. The van der Waals surface area contributed by atoms with Gasteiger partial charge in [0.1, 0.15) is 5.82 Å². The van der Waals surface area contributed by atoms with Gasteiger partial charge in [-0.2, -0.15) is 0 Å². The molecule has 0 saturated carbocycles. The van der Waals surface area contributed by atoms with E-state index < -0.39 is 30.3 Å². The minimum Gasteiger partial charge on any atom is -0.455 e. The molecular formula is C18H17FN2O4. The van der Waals surface area contributed by atoms with Crippen LogP contribution in [0.15, 0.2) is 48.5 Å². The average molecular weight is 344 g/mol. The Morgan fingerprint density at radius 1 is 1.04 bits per heavy atom. The molecule has 3 amide bonds. The molecule has 0 aliphatic rings. The lowest BCUT2D eigenvalue weighted by molar-refractivity contribution is -0.147. The molecule has 2 aromatic rings. The number of hydrogen-bond donors (Lipinski definition) is 2. The maximum atomic E-state index is 13.4. The van der Waals surface area contributed by atoms with Crippen LogP contribution < -0.4 is 10.6 Å². The van der Waals surface area contributed by atoms with Crippen LogP contribution in [0, 0.1) is 12.7 Å². The molecule has 7 heteroatoms. The highest BCUT2D eigenvalue weighted by atomic mass is 19.1. The van der Waals surface area contributed by atoms with Gasteiger partial charge < -0.3 is 10.1 Å². The second-order valence-electron chi connectivity index (χ2n) is 5.31. The molecule has 0 saturated heterocycles. The Bertz CT molecular complexity index is 775. The molecule has 0 aromatic heterocycles. The number of anilines is 1. The molecule has 0 aliphatic carbocycles. The molecule has 2 aromatic carbocycles. The largest absolute Gasteiger partial charge is 0.455 e. The zero-order valence-corrected chi connectivity index (χ0v) is 13.5. The quantitative estimate of drug-likeness (QED) is 0.817. The van der Waals surface area contributed by atoms with Crippen molar-refractivity contribution in [3.63, 3.8) is 0 Å². The van der Waals surface area contributed by atoms with Crippen molar-refractivity contribution in [2.75, 3.05) is 11.9 Å². The number of hydrogen-bond acceptors (Lipinski definition) is 4. The van der Waals surface area contributed by atoms with Crippen molar-refractivity contribution < 1.29 is 23.5 Å². The number of nitrogens with one attached hydrogen (secondary N) is 2. The van der Waals surface area contributed by atoms with Crippen LogP contribution in [0.5, 0.6) is 0 Å². The molecule has 0 atom stereocenters. The highest BCUT2D eigenvalue weighted by Gasteiger charge is 2.12. The third-order valence-electron chi connectivity index (χ3n) is 3.21. The molecule has 0 bridgehead atoms. The first kappa shape index (κ1) is 18.1. The van der Waals surface area contributed by atoms with Gasteiger partial charge in [0.05, 0.1) is 12.1 Å². The monoisotopic (exact) mass is 344 g/mol. The number of amides is 3. The SMILES string of the molecule is Cc1ccc(CC(=O)OCC(=O)NC(=O)Nc2ccccc2F)cc1. The maximum absolute atomic E-state index is 13.4. The first-order valence-electron chi connectivity index (χ1n) is 7.50. The Balaban J connectivity index is 1.74. The van der Waals surface area contributed by atoms with Crippen molar-refractivity contribution in [3.05, 3.63) is 65.5 Å². The molecule has 0 aliphatic heterocycles. The van der Waals surface area contributed by atoms with Gasteiger partial charge in [-0.15, -0.1) is 0 Å². The number of ether oxygens (including phenoxy) is 1. The predicted molar refractivity (Wildman–Crippen MR) is 89.4 cm³/mol.